The van der Waals surface area contributed by atoms with Gasteiger partial charge in [0.2, 0.25) is 0 Å². The minimum atomic E-state index is -0.147. The molecule has 0 radical (unpaired) electrons. The highest BCUT2D eigenvalue weighted by Crippen LogP contribution is 2.34. The van der Waals surface area contributed by atoms with E-state index in [4.69, 9.17) is 0 Å². The second-order valence-electron chi connectivity index (χ2n) is 6.08. The second kappa shape index (κ2) is 7.73. The molecule has 18 heavy (non-hydrogen) atoms. The van der Waals surface area contributed by atoms with Crippen LogP contribution in [0.25, 0.3) is 0 Å². The molecule has 0 spiro atoms. The largest absolute Gasteiger partial charge is 0.316 e. The van der Waals surface area contributed by atoms with Gasteiger partial charge in [0.15, 0.2) is 0 Å². The summed E-state index contributed by atoms with van der Waals surface area (Å²) in [5.41, 5.74) is -0.147. The minimum absolute atomic E-state index is 0.147. The predicted octanol–water partition coefficient (Wildman–Crippen LogP) is 3.72. The van der Waals surface area contributed by atoms with Crippen molar-refractivity contribution in [3.63, 3.8) is 0 Å². The Morgan fingerprint density at radius 3 is 2.78 bits per heavy atom. The van der Waals surface area contributed by atoms with E-state index in [1.807, 2.05) is 6.08 Å². The van der Waals surface area contributed by atoms with Crippen molar-refractivity contribution in [2.75, 3.05) is 13.1 Å². The van der Waals surface area contributed by atoms with Crippen molar-refractivity contribution >= 4 is 5.78 Å². The Morgan fingerprint density at radius 2 is 2.17 bits per heavy atom. The van der Waals surface area contributed by atoms with Gasteiger partial charge in [0.25, 0.3) is 0 Å². The molecular formula is C16H29NO. The number of carbonyl (C=O) groups is 1. The van der Waals surface area contributed by atoms with Crippen molar-refractivity contribution in [3.05, 3.63) is 12.7 Å². The SMILES string of the molecule is C=CCCCCCC(=O)C(C)(C)C1CCCNC1. The van der Waals surface area contributed by atoms with Crippen LogP contribution in [0, 0.1) is 11.3 Å². The van der Waals surface area contributed by atoms with Gasteiger partial charge in [-0.2, -0.15) is 0 Å². The molecule has 1 saturated heterocycles. The van der Waals surface area contributed by atoms with E-state index in [0.717, 1.165) is 38.8 Å². The number of ketones is 1. The first kappa shape index (κ1) is 15.4. The highest BCUT2D eigenvalue weighted by molar-refractivity contribution is 5.84. The van der Waals surface area contributed by atoms with E-state index in [-0.39, 0.29) is 5.41 Å². The average molecular weight is 251 g/mol. The van der Waals surface area contributed by atoms with E-state index >= 15 is 0 Å². The van der Waals surface area contributed by atoms with Gasteiger partial charge in [0.1, 0.15) is 5.78 Å². The third-order valence-corrected chi connectivity index (χ3v) is 4.35. The van der Waals surface area contributed by atoms with Crippen molar-refractivity contribution in [3.8, 4) is 0 Å². The van der Waals surface area contributed by atoms with Gasteiger partial charge in [0.05, 0.1) is 0 Å². The molecule has 1 aliphatic heterocycles. The molecule has 2 nitrogen and oxygen atoms in total. The van der Waals surface area contributed by atoms with E-state index < -0.39 is 0 Å². The quantitative estimate of drug-likeness (QED) is 0.526. The normalized spacial score (nSPS) is 20.7. The number of unbranched alkanes of at least 4 members (excludes halogenated alkanes) is 3. The van der Waals surface area contributed by atoms with Crippen LogP contribution >= 0.6 is 0 Å². The Morgan fingerprint density at radius 1 is 1.39 bits per heavy atom. The molecule has 1 rings (SSSR count). The van der Waals surface area contributed by atoms with Gasteiger partial charge in [-0.15, -0.1) is 6.58 Å². The van der Waals surface area contributed by atoms with Gasteiger partial charge in [-0.05, 0) is 51.1 Å². The minimum Gasteiger partial charge on any atom is -0.316 e. The van der Waals surface area contributed by atoms with Crippen LogP contribution in [-0.4, -0.2) is 18.9 Å². The first-order valence-corrected chi connectivity index (χ1v) is 7.44. The molecule has 0 aromatic rings. The van der Waals surface area contributed by atoms with Crippen molar-refractivity contribution in [2.24, 2.45) is 11.3 Å². The molecule has 1 unspecified atom stereocenters. The predicted molar refractivity (Wildman–Crippen MR) is 77.7 cm³/mol. The Kier molecular flexibility index (Phi) is 6.62. The summed E-state index contributed by atoms with van der Waals surface area (Å²) in [5.74, 6) is 0.974. The number of piperidine rings is 1. The fourth-order valence-electron chi connectivity index (χ4n) is 2.77. The van der Waals surface area contributed by atoms with Crippen molar-refractivity contribution in [1.29, 1.82) is 0 Å². The summed E-state index contributed by atoms with van der Waals surface area (Å²) in [6.07, 6.45) is 9.54. The molecule has 0 aromatic carbocycles. The Balaban J connectivity index is 2.31. The summed E-state index contributed by atoms with van der Waals surface area (Å²) in [6, 6.07) is 0. The summed E-state index contributed by atoms with van der Waals surface area (Å²) in [5, 5.41) is 3.42. The first-order chi connectivity index (χ1) is 8.59. The molecule has 0 amide bonds. The van der Waals surface area contributed by atoms with E-state index in [1.54, 1.807) is 0 Å². The zero-order chi connectivity index (χ0) is 13.4. The Labute approximate surface area is 112 Å². The van der Waals surface area contributed by atoms with Crippen LogP contribution in [0.5, 0.6) is 0 Å². The number of nitrogens with one attached hydrogen (secondary N) is 1. The van der Waals surface area contributed by atoms with E-state index in [1.165, 1.54) is 19.3 Å². The molecule has 0 aliphatic carbocycles. The van der Waals surface area contributed by atoms with E-state index in [2.05, 4.69) is 25.7 Å². The molecule has 1 aliphatic rings. The number of allylic oxidation sites excluding steroid dienone is 1. The van der Waals surface area contributed by atoms with Crippen molar-refractivity contribution in [2.45, 2.75) is 58.8 Å². The maximum absolute atomic E-state index is 12.3. The monoisotopic (exact) mass is 251 g/mol. The van der Waals surface area contributed by atoms with Gasteiger partial charge in [-0.1, -0.05) is 26.3 Å². The Hall–Kier alpha value is -0.630. The summed E-state index contributed by atoms with van der Waals surface area (Å²) < 4.78 is 0. The molecule has 2 heteroatoms. The lowest BCUT2D eigenvalue weighted by atomic mass is 9.71. The van der Waals surface area contributed by atoms with Gasteiger partial charge in [0, 0.05) is 11.8 Å². The maximum Gasteiger partial charge on any atom is 0.138 e. The standard InChI is InChI=1S/C16H29NO/c1-4-5-6-7-8-11-15(18)16(2,3)14-10-9-12-17-13-14/h4,14,17H,1,5-13H2,2-3H3. The molecular weight excluding hydrogens is 222 g/mol. The van der Waals surface area contributed by atoms with Crippen LogP contribution < -0.4 is 5.32 Å². The van der Waals surface area contributed by atoms with E-state index in [0.29, 0.717) is 11.7 Å². The van der Waals surface area contributed by atoms with Gasteiger partial charge in [-0.3, -0.25) is 4.79 Å². The second-order valence-corrected chi connectivity index (χ2v) is 6.08. The average Bonchev–Trinajstić information content (AvgIpc) is 2.39. The van der Waals surface area contributed by atoms with Crippen LogP contribution in [0.1, 0.15) is 58.8 Å². The summed E-state index contributed by atoms with van der Waals surface area (Å²) >= 11 is 0. The first-order valence-electron chi connectivity index (χ1n) is 7.44. The number of carbonyl (C=O) groups excluding carboxylic acids is 1. The zero-order valence-corrected chi connectivity index (χ0v) is 12.1. The molecule has 0 aromatic heterocycles. The highest BCUT2D eigenvalue weighted by atomic mass is 16.1. The van der Waals surface area contributed by atoms with Gasteiger partial charge < -0.3 is 5.32 Å². The maximum atomic E-state index is 12.3. The fraction of sp³-hybridized carbons (Fsp3) is 0.812. The molecule has 104 valence electrons. The summed E-state index contributed by atoms with van der Waals surface area (Å²) in [6.45, 7) is 10.1. The third kappa shape index (κ3) is 4.56. The zero-order valence-electron chi connectivity index (χ0n) is 12.1. The molecule has 1 heterocycles. The lowest BCUT2D eigenvalue weighted by Gasteiger charge is -2.36. The fourth-order valence-corrected chi connectivity index (χ4v) is 2.77. The number of hydrogen-bond acceptors (Lipinski definition) is 2. The Bertz CT molecular complexity index is 264. The third-order valence-electron chi connectivity index (χ3n) is 4.35. The summed E-state index contributed by atoms with van der Waals surface area (Å²) in [7, 11) is 0. The van der Waals surface area contributed by atoms with Crippen molar-refractivity contribution in [1.82, 2.24) is 5.32 Å². The van der Waals surface area contributed by atoms with Crippen LogP contribution in [-0.2, 0) is 4.79 Å². The van der Waals surface area contributed by atoms with Gasteiger partial charge in [-0.25, -0.2) is 0 Å². The molecule has 0 bridgehead atoms. The number of rotatable bonds is 8. The summed E-state index contributed by atoms with van der Waals surface area (Å²) in [4.78, 5) is 12.3. The van der Waals surface area contributed by atoms with Crippen LogP contribution in [0.15, 0.2) is 12.7 Å². The smallest absolute Gasteiger partial charge is 0.138 e. The van der Waals surface area contributed by atoms with E-state index in [9.17, 15) is 4.79 Å². The number of Topliss-reactive ketones (excluding diaryl/α,β-unsaturated/α-hetero) is 1. The lowest BCUT2D eigenvalue weighted by Crippen LogP contribution is -2.42. The van der Waals surface area contributed by atoms with Crippen LogP contribution in [0.3, 0.4) is 0 Å². The molecule has 0 saturated carbocycles. The van der Waals surface area contributed by atoms with Crippen molar-refractivity contribution < 1.29 is 4.79 Å². The van der Waals surface area contributed by atoms with Crippen LogP contribution in [0.4, 0.5) is 0 Å². The van der Waals surface area contributed by atoms with Crippen LogP contribution in [0.2, 0.25) is 0 Å². The molecule has 1 N–H and O–H groups in total. The van der Waals surface area contributed by atoms with Gasteiger partial charge >= 0.3 is 0 Å². The molecule has 1 fully saturated rings. The lowest BCUT2D eigenvalue weighted by molar-refractivity contribution is -0.130. The number of hydrogen-bond donors (Lipinski definition) is 1. The highest BCUT2D eigenvalue weighted by Gasteiger charge is 2.36. The molecule has 1 atom stereocenters. The topological polar surface area (TPSA) is 29.1 Å².